The fraction of sp³-hybridized carbons (Fsp3) is 0.333. The number of amides is 2. The van der Waals surface area contributed by atoms with Gasteiger partial charge in [0.1, 0.15) is 12.4 Å². The maximum absolute atomic E-state index is 12.0. The molecule has 1 aromatic carbocycles. The minimum absolute atomic E-state index is 0.144. The third-order valence-electron chi connectivity index (χ3n) is 3.66. The molecule has 2 aliphatic rings. The molecule has 0 aromatic heterocycles. The molecule has 0 spiro atoms. The molecular formula is C15H16N2O4. The molecule has 1 atom stereocenters. The average molecular weight is 288 g/mol. The van der Waals surface area contributed by atoms with Crippen molar-refractivity contribution < 1.29 is 19.1 Å². The molecule has 0 fully saturated rings. The van der Waals surface area contributed by atoms with E-state index in [1.807, 2.05) is 31.2 Å². The molecule has 0 saturated heterocycles. The highest BCUT2D eigenvalue weighted by Gasteiger charge is 2.40. The summed E-state index contributed by atoms with van der Waals surface area (Å²) in [5, 5.41) is 2.82. The van der Waals surface area contributed by atoms with Crippen LogP contribution in [0.25, 0.3) is 0 Å². The second-order valence-electron chi connectivity index (χ2n) is 4.88. The molecule has 0 aliphatic carbocycles. The van der Waals surface area contributed by atoms with Crippen LogP contribution in [-0.4, -0.2) is 37.2 Å². The van der Waals surface area contributed by atoms with Crippen molar-refractivity contribution in [2.24, 2.45) is 0 Å². The molecule has 3 rings (SSSR count). The van der Waals surface area contributed by atoms with E-state index in [1.54, 1.807) is 7.05 Å². The van der Waals surface area contributed by atoms with E-state index in [0.717, 1.165) is 11.3 Å². The Kier molecular flexibility index (Phi) is 3.29. The Morgan fingerprint density at radius 3 is 2.71 bits per heavy atom. The number of ether oxygens (including phenoxy) is 2. The summed E-state index contributed by atoms with van der Waals surface area (Å²) in [5.41, 5.74) is 1.95. The highest BCUT2D eigenvalue weighted by molar-refractivity contribution is 5.97. The van der Waals surface area contributed by atoms with Gasteiger partial charge in [0.05, 0.1) is 23.9 Å². The highest BCUT2D eigenvalue weighted by Crippen LogP contribution is 2.34. The van der Waals surface area contributed by atoms with Crippen molar-refractivity contribution in [3.8, 4) is 5.75 Å². The summed E-state index contributed by atoms with van der Waals surface area (Å²) in [6.45, 7) is 2.65. The number of nitrogens with zero attached hydrogens (tertiary/aromatic N) is 1. The molecule has 0 saturated carbocycles. The predicted octanol–water partition coefficient (Wildman–Crippen LogP) is 1.59. The lowest BCUT2D eigenvalue weighted by atomic mass is 9.96. The fourth-order valence-electron chi connectivity index (χ4n) is 2.56. The fourth-order valence-corrected chi connectivity index (χ4v) is 2.56. The largest absolute Gasteiger partial charge is 0.494 e. The second-order valence-corrected chi connectivity index (χ2v) is 4.88. The van der Waals surface area contributed by atoms with Gasteiger partial charge >= 0.3 is 12.0 Å². The first-order valence-electron chi connectivity index (χ1n) is 6.79. The molecule has 2 aliphatic heterocycles. The van der Waals surface area contributed by atoms with Crippen molar-refractivity contribution in [1.82, 2.24) is 10.2 Å². The number of rotatable bonds is 3. The number of esters is 1. The van der Waals surface area contributed by atoms with E-state index in [2.05, 4.69) is 5.32 Å². The lowest BCUT2D eigenvalue weighted by molar-refractivity contribution is -0.136. The Labute approximate surface area is 122 Å². The Morgan fingerprint density at radius 2 is 2.05 bits per heavy atom. The van der Waals surface area contributed by atoms with Crippen LogP contribution in [0.15, 0.2) is 35.5 Å². The first-order valence-corrected chi connectivity index (χ1v) is 6.79. The molecule has 6 heteroatoms. The van der Waals surface area contributed by atoms with E-state index in [9.17, 15) is 9.59 Å². The smallest absolute Gasteiger partial charge is 0.338 e. The summed E-state index contributed by atoms with van der Waals surface area (Å²) in [4.78, 5) is 25.3. The molecule has 21 heavy (non-hydrogen) atoms. The van der Waals surface area contributed by atoms with Gasteiger partial charge < -0.3 is 14.8 Å². The molecule has 110 valence electrons. The molecule has 0 unspecified atom stereocenters. The van der Waals surface area contributed by atoms with E-state index in [0.29, 0.717) is 17.9 Å². The van der Waals surface area contributed by atoms with Gasteiger partial charge in [0.2, 0.25) is 0 Å². The van der Waals surface area contributed by atoms with E-state index >= 15 is 0 Å². The zero-order valence-electron chi connectivity index (χ0n) is 11.9. The van der Waals surface area contributed by atoms with Gasteiger partial charge in [0.15, 0.2) is 0 Å². The molecule has 6 nitrogen and oxygen atoms in total. The van der Waals surface area contributed by atoms with Gasteiger partial charge in [-0.2, -0.15) is 0 Å². The number of carbonyl (C=O) groups is 2. The molecule has 2 amide bonds. The zero-order valence-corrected chi connectivity index (χ0v) is 11.9. The topological polar surface area (TPSA) is 67.9 Å². The van der Waals surface area contributed by atoms with Crippen molar-refractivity contribution in [2.45, 2.75) is 13.0 Å². The average Bonchev–Trinajstić information content (AvgIpc) is 2.87. The molecule has 1 aromatic rings. The number of hydrogen-bond acceptors (Lipinski definition) is 4. The van der Waals surface area contributed by atoms with Gasteiger partial charge in [-0.05, 0) is 24.6 Å². The first kappa shape index (κ1) is 13.5. The second kappa shape index (κ2) is 5.12. The van der Waals surface area contributed by atoms with E-state index in [1.165, 1.54) is 4.90 Å². The number of hydrogen-bond donors (Lipinski definition) is 1. The molecular weight excluding hydrogens is 272 g/mol. The predicted molar refractivity (Wildman–Crippen MR) is 74.6 cm³/mol. The van der Waals surface area contributed by atoms with Crippen LogP contribution in [0.2, 0.25) is 0 Å². The lowest BCUT2D eigenvalue weighted by Gasteiger charge is -2.30. The van der Waals surface area contributed by atoms with E-state index in [-0.39, 0.29) is 18.6 Å². The van der Waals surface area contributed by atoms with E-state index in [4.69, 9.17) is 9.47 Å². The minimum Gasteiger partial charge on any atom is -0.494 e. The number of urea groups is 1. The van der Waals surface area contributed by atoms with Crippen LogP contribution in [0.1, 0.15) is 18.5 Å². The van der Waals surface area contributed by atoms with Crippen LogP contribution in [0.5, 0.6) is 5.75 Å². The van der Waals surface area contributed by atoms with Crippen LogP contribution < -0.4 is 10.1 Å². The van der Waals surface area contributed by atoms with Crippen molar-refractivity contribution in [3.05, 3.63) is 41.1 Å². The lowest BCUT2D eigenvalue weighted by Crippen LogP contribution is -2.45. The maximum Gasteiger partial charge on any atom is 0.338 e. The van der Waals surface area contributed by atoms with Crippen molar-refractivity contribution >= 4 is 12.0 Å². The zero-order chi connectivity index (χ0) is 15.0. The quantitative estimate of drug-likeness (QED) is 0.858. The minimum atomic E-state index is -0.477. The number of cyclic esters (lactones) is 1. The highest BCUT2D eigenvalue weighted by atomic mass is 16.5. The normalized spacial score (nSPS) is 21.0. The van der Waals surface area contributed by atoms with E-state index < -0.39 is 6.04 Å². The third-order valence-corrected chi connectivity index (χ3v) is 3.66. The monoisotopic (exact) mass is 288 g/mol. The Morgan fingerprint density at radius 1 is 1.33 bits per heavy atom. The summed E-state index contributed by atoms with van der Waals surface area (Å²) in [5.74, 6) is 0.374. The number of carbonyl (C=O) groups excluding carboxylic acids is 2. The number of nitrogens with one attached hydrogen (secondary N) is 1. The van der Waals surface area contributed by atoms with Crippen LogP contribution in [0, 0.1) is 0 Å². The Bertz CT molecular complexity index is 621. The van der Waals surface area contributed by atoms with Crippen molar-refractivity contribution in [2.75, 3.05) is 20.3 Å². The third kappa shape index (κ3) is 2.22. The van der Waals surface area contributed by atoms with Crippen LogP contribution >= 0.6 is 0 Å². The SMILES string of the molecule is CCOc1ccc([C@@H]2NC(=O)N(C)C3=C2C(=O)OC3)cc1. The Hall–Kier alpha value is -2.50. The van der Waals surface area contributed by atoms with Gasteiger partial charge in [-0.15, -0.1) is 0 Å². The summed E-state index contributed by atoms with van der Waals surface area (Å²) >= 11 is 0. The standard InChI is InChI=1S/C15H16N2O4/c1-3-20-10-6-4-9(5-7-10)13-12-11(8-21-14(12)18)17(2)15(19)16-13/h4-7,13H,3,8H2,1-2H3,(H,16,19)/t13-/m0/s1. The Balaban J connectivity index is 1.97. The van der Waals surface area contributed by atoms with Gasteiger partial charge in [0, 0.05) is 7.05 Å². The summed E-state index contributed by atoms with van der Waals surface area (Å²) in [6, 6.07) is 6.61. The van der Waals surface area contributed by atoms with Gasteiger partial charge in [0.25, 0.3) is 0 Å². The first-order chi connectivity index (χ1) is 10.1. The summed E-state index contributed by atoms with van der Waals surface area (Å²) in [6.07, 6.45) is 0. The van der Waals surface area contributed by atoms with Crippen LogP contribution in [0.3, 0.4) is 0 Å². The van der Waals surface area contributed by atoms with Gasteiger partial charge in [-0.1, -0.05) is 12.1 Å². The van der Waals surface area contributed by atoms with Crippen LogP contribution in [0.4, 0.5) is 4.79 Å². The summed E-state index contributed by atoms with van der Waals surface area (Å²) < 4.78 is 10.5. The molecule has 0 bridgehead atoms. The van der Waals surface area contributed by atoms with Gasteiger partial charge in [-0.3, -0.25) is 4.90 Å². The van der Waals surface area contributed by atoms with Crippen LogP contribution in [-0.2, 0) is 9.53 Å². The number of likely N-dealkylation sites (N-methyl/N-ethyl adjacent to an activating group) is 1. The van der Waals surface area contributed by atoms with Gasteiger partial charge in [-0.25, -0.2) is 9.59 Å². The molecule has 2 heterocycles. The van der Waals surface area contributed by atoms with Crippen molar-refractivity contribution in [1.29, 1.82) is 0 Å². The summed E-state index contributed by atoms with van der Waals surface area (Å²) in [7, 11) is 1.63. The maximum atomic E-state index is 12.0. The molecule has 0 radical (unpaired) electrons. The molecule has 1 N–H and O–H groups in total. The number of benzene rings is 1. The van der Waals surface area contributed by atoms with Crippen molar-refractivity contribution in [3.63, 3.8) is 0 Å².